The van der Waals surface area contributed by atoms with E-state index in [1.54, 1.807) is 0 Å². The van der Waals surface area contributed by atoms with Crippen LogP contribution >= 0.6 is 0 Å². The van der Waals surface area contributed by atoms with Crippen molar-refractivity contribution in [3.05, 3.63) is 53.3 Å². The SMILES string of the molecule is O=C(CC1CCCC1)NC[C@H]1OCCc2cn(Cc3ccccc3)nc21. The molecule has 1 aliphatic carbocycles. The van der Waals surface area contributed by atoms with Gasteiger partial charge in [0.05, 0.1) is 18.8 Å². The molecule has 1 aromatic heterocycles. The molecular weight excluding hydrogens is 326 g/mol. The number of hydrogen-bond acceptors (Lipinski definition) is 3. The van der Waals surface area contributed by atoms with Crippen molar-refractivity contribution in [2.24, 2.45) is 5.92 Å². The number of fused-ring (bicyclic) bond motifs is 1. The van der Waals surface area contributed by atoms with E-state index in [2.05, 4.69) is 23.6 Å². The molecule has 1 N–H and O–H groups in total. The number of hydrogen-bond donors (Lipinski definition) is 1. The van der Waals surface area contributed by atoms with E-state index in [9.17, 15) is 4.79 Å². The molecule has 5 heteroatoms. The molecule has 1 atom stereocenters. The van der Waals surface area contributed by atoms with Gasteiger partial charge in [0.2, 0.25) is 5.91 Å². The van der Waals surface area contributed by atoms with Crippen molar-refractivity contribution < 1.29 is 9.53 Å². The largest absolute Gasteiger partial charge is 0.370 e. The van der Waals surface area contributed by atoms with Crippen LogP contribution in [0.4, 0.5) is 0 Å². The summed E-state index contributed by atoms with van der Waals surface area (Å²) >= 11 is 0. The number of carbonyl (C=O) groups excluding carboxylic acids is 1. The lowest BCUT2D eigenvalue weighted by Crippen LogP contribution is -2.32. The first kappa shape index (κ1) is 17.3. The fraction of sp³-hybridized carbons (Fsp3) is 0.524. The van der Waals surface area contributed by atoms with Crippen LogP contribution in [0.15, 0.2) is 36.5 Å². The fourth-order valence-electron chi connectivity index (χ4n) is 4.09. The number of aromatic nitrogens is 2. The zero-order valence-corrected chi connectivity index (χ0v) is 15.2. The molecular formula is C21H27N3O2. The summed E-state index contributed by atoms with van der Waals surface area (Å²) in [6, 6.07) is 10.3. The normalized spacial score (nSPS) is 20.1. The fourth-order valence-corrected chi connectivity index (χ4v) is 4.09. The summed E-state index contributed by atoms with van der Waals surface area (Å²) in [7, 11) is 0. The Bertz CT molecular complexity index is 735. The Balaban J connectivity index is 1.36. The molecule has 2 heterocycles. The van der Waals surface area contributed by atoms with E-state index >= 15 is 0 Å². The van der Waals surface area contributed by atoms with Gasteiger partial charge in [-0.15, -0.1) is 0 Å². The van der Waals surface area contributed by atoms with E-state index in [0.29, 0.717) is 25.5 Å². The van der Waals surface area contributed by atoms with Gasteiger partial charge in [0.25, 0.3) is 0 Å². The first-order valence-corrected chi connectivity index (χ1v) is 9.76. The number of nitrogens with zero attached hydrogens (tertiary/aromatic N) is 2. The van der Waals surface area contributed by atoms with Crippen molar-refractivity contribution in [3.8, 4) is 0 Å². The zero-order chi connectivity index (χ0) is 17.8. The number of rotatable bonds is 6. The predicted molar refractivity (Wildman–Crippen MR) is 99.8 cm³/mol. The summed E-state index contributed by atoms with van der Waals surface area (Å²) < 4.78 is 7.89. The summed E-state index contributed by atoms with van der Waals surface area (Å²) in [5.74, 6) is 0.722. The Morgan fingerprint density at radius 1 is 1.23 bits per heavy atom. The number of carbonyl (C=O) groups is 1. The van der Waals surface area contributed by atoms with Crippen molar-refractivity contribution in [2.45, 2.75) is 51.2 Å². The Labute approximate surface area is 154 Å². The Morgan fingerprint density at radius 3 is 2.85 bits per heavy atom. The van der Waals surface area contributed by atoms with Gasteiger partial charge in [-0.25, -0.2) is 0 Å². The third kappa shape index (κ3) is 4.15. The summed E-state index contributed by atoms with van der Waals surface area (Å²) in [6.45, 7) is 1.96. The van der Waals surface area contributed by atoms with Crippen LogP contribution in [-0.4, -0.2) is 28.8 Å². The van der Waals surface area contributed by atoms with Crippen molar-refractivity contribution in [3.63, 3.8) is 0 Å². The molecule has 2 aromatic rings. The van der Waals surface area contributed by atoms with Gasteiger partial charge >= 0.3 is 0 Å². The predicted octanol–water partition coefficient (Wildman–Crippen LogP) is 3.24. The first-order valence-electron chi connectivity index (χ1n) is 9.76. The molecule has 0 spiro atoms. The minimum Gasteiger partial charge on any atom is -0.370 e. The first-order chi connectivity index (χ1) is 12.8. The van der Waals surface area contributed by atoms with Gasteiger partial charge in [-0.3, -0.25) is 9.48 Å². The van der Waals surface area contributed by atoms with Gasteiger partial charge in [-0.1, -0.05) is 43.2 Å². The Hall–Kier alpha value is -2.14. The summed E-state index contributed by atoms with van der Waals surface area (Å²) in [5.41, 5.74) is 3.45. The highest BCUT2D eigenvalue weighted by molar-refractivity contribution is 5.76. The number of amides is 1. The van der Waals surface area contributed by atoms with E-state index in [1.807, 2.05) is 22.9 Å². The van der Waals surface area contributed by atoms with Gasteiger partial charge in [-0.2, -0.15) is 5.10 Å². The van der Waals surface area contributed by atoms with Crippen LogP contribution in [0, 0.1) is 5.92 Å². The molecule has 2 aliphatic rings. The minimum absolute atomic E-state index is 0.136. The molecule has 5 nitrogen and oxygen atoms in total. The lowest BCUT2D eigenvalue weighted by molar-refractivity contribution is -0.122. The van der Waals surface area contributed by atoms with Crippen molar-refractivity contribution in [1.82, 2.24) is 15.1 Å². The van der Waals surface area contributed by atoms with Crippen LogP contribution in [-0.2, 0) is 22.5 Å². The smallest absolute Gasteiger partial charge is 0.220 e. The average molecular weight is 353 g/mol. The van der Waals surface area contributed by atoms with E-state index in [4.69, 9.17) is 9.84 Å². The van der Waals surface area contributed by atoms with Gasteiger partial charge in [0.1, 0.15) is 6.10 Å². The van der Waals surface area contributed by atoms with Crippen LogP contribution in [0.1, 0.15) is 55.0 Å². The summed E-state index contributed by atoms with van der Waals surface area (Å²) in [4.78, 5) is 12.2. The molecule has 0 unspecified atom stereocenters. The number of benzene rings is 1. The third-order valence-corrected chi connectivity index (χ3v) is 5.49. The third-order valence-electron chi connectivity index (χ3n) is 5.49. The van der Waals surface area contributed by atoms with Crippen molar-refractivity contribution >= 4 is 5.91 Å². The monoisotopic (exact) mass is 353 g/mol. The maximum atomic E-state index is 12.2. The molecule has 1 fully saturated rings. The second kappa shape index (κ2) is 8.04. The van der Waals surface area contributed by atoms with E-state index in [1.165, 1.54) is 36.8 Å². The van der Waals surface area contributed by atoms with Crippen LogP contribution in [0.25, 0.3) is 0 Å². The van der Waals surface area contributed by atoms with Gasteiger partial charge in [-0.05, 0) is 36.3 Å². The van der Waals surface area contributed by atoms with E-state index < -0.39 is 0 Å². The highest BCUT2D eigenvalue weighted by Gasteiger charge is 2.26. The van der Waals surface area contributed by atoms with Crippen molar-refractivity contribution in [2.75, 3.05) is 13.2 Å². The molecule has 1 aliphatic heterocycles. The highest BCUT2D eigenvalue weighted by Crippen LogP contribution is 2.28. The van der Waals surface area contributed by atoms with Gasteiger partial charge in [0.15, 0.2) is 0 Å². The molecule has 26 heavy (non-hydrogen) atoms. The number of nitrogens with one attached hydrogen (secondary N) is 1. The molecule has 0 saturated heterocycles. The maximum absolute atomic E-state index is 12.2. The molecule has 1 amide bonds. The minimum atomic E-state index is -0.136. The molecule has 0 radical (unpaired) electrons. The Morgan fingerprint density at radius 2 is 2.04 bits per heavy atom. The van der Waals surface area contributed by atoms with Gasteiger partial charge in [0, 0.05) is 19.2 Å². The van der Waals surface area contributed by atoms with E-state index in [0.717, 1.165) is 18.7 Å². The molecule has 138 valence electrons. The zero-order valence-electron chi connectivity index (χ0n) is 15.2. The lowest BCUT2D eigenvalue weighted by atomic mass is 10.0. The van der Waals surface area contributed by atoms with Crippen LogP contribution in [0.2, 0.25) is 0 Å². The van der Waals surface area contributed by atoms with Crippen LogP contribution < -0.4 is 5.32 Å². The summed E-state index contributed by atoms with van der Waals surface area (Å²) in [6.07, 6.45) is 8.46. The molecule has 1 saturated carbocycles. The van der Waals surface area contributed by atoms with E-state index in [-0.39, 0.29) is 12.0 Å². The topological polar surface area (TPSA) is 56.1 Å². The molecule has 1 aromatic carbocycles. The lowest BCUT2D eigenvalue weighted by Gasteiger charge is -2.22. The highest BCUT2D eigenvalue weighted by atomic mass is 16.5. The second-order valence-corrected chi connectivity index (χ2v) is 7.49. The number of ether oxygens (including phenoxy) is 1. The van der Waals surface area contributed by atoms with Crippen LogP contribution in [0.5, 0.6) is 0 Å². The average Bonchev–Trinajstić information content (AvgIpc) is 3.30. The van der Waals surface area contributed by atoms with Gasteiger partial charge < -0.3 is 10.1 Å². The quantitative estimate of drug-likeness (QED) is 0.867. The summed E-state index contributed by atoms with van der Waals surface area (Å²) in [5, 5.41) is 7.82. The standard InChI is InChI=1S/C21H27N3O2/c25-20(12-16-6-4-5-7-16)22-13-19-21-18(10-11-26-19)15-24(23-21)14-17-8-2-1-3-9-17/h1-3,8-9,15-16,19H,4-7,10-14H2,(H,22,25)/t19-/m1/s1. The maximum Gasteiger partial charge on any atom is 0.220 e. The Kier molecular flexibility index (Phi) is 5.34. The molecule has 4 rings (SSSR count). The molecule has 0 bridgehead atoms. The van der Waals surface area contributed by atoms with Crippen molar-refractivity contribution in [1.29, 1.82) is 0 Å². The second-order valence-electron chi connectivity index (χ2n) is 7.49. The van der Waals surface area contributed by atoms with Crippen LogP contribution in [0.3, 0.4) is 0 Å².